The van der Waals surface area contributed by atoms with Gasteiger partial charge in [-0.25, -0.2) is 9.59 Å². The summed E-state index contributed by atoms with van der Waals surface area (Å²) in [6.45, 7) is 4.52. The largest absolute Gasteiger partial charge is 0.492 e. The lowest BCUT2D eigenvalue weighted by atomic mass is 10.2. The second kappa shape index (κ2) is 7.97. The van der Waals surface area contributed by atoms with E-state index >= 15 is 0 Å². The summed E-state index contributed by atoms with van der Waals surface area (Å²) in [6.07, 6.45) is 0. The second-order valence-corrected chi connectivity index (χ2v) is 6.40. The molecule has 0 aliphatic rings. The van der Waals surface area contributed by atoms with Crippen molar-refractivity contribution in [3.63, 3.8) is 0 Å². The molecule has 0 bridgehead atoms. The third-order valence-electron chi connectivity index (χ3n) is 3.06. The van der Waals surface area contributed by atoms with Crippen LogP contribution >= 0.6 is 15.9 Å². The Bertz CT molecular complexity index is 755. The summed E-state index contributed by atoms with van der Waals surface area (Å²) in [4.78, 5) is 23.3. The number of hydrogen-bond donors (Lipinski definition) is 1. The van der Waals surface area contributed by atoms with Crippen LogP contribution in [0.2, 0.25) is 0 Å². The van der Waals surface area contributed by atoms with Crippen LogP contribution in [0.15, 0.2) is 46.9 Å². The zero-order valence-electron chi connectivity index (χ0n) is 13.3. The topological polar surface area (TPSA) is 72.8 Å². The molecule has 0 aromatic heterocycles. The number of esters is 1. The molecule has 0 fully saturated rings. The summed E-state index contributed by atoms with van der Waals surface area (Å²) < 4.78 is 11.4. The van der Waals surface area contributed by atoms with Gasteiger partial charge in [0.1, 0.15) is 17.1 Å². The molecule has 0 heterocycles. The van der Waals surface area contributed by atoms with Crippen molar-refractivity contribution < 1.29 is 24.2 Å². The highest BCUT2D eigenvalue weighted by atomic mass is 79.9. The number of ether oxygens (including phenoxy) is 2. The molecule has 0 saturated heterocycles. The van der Waals surface area contributed by atoms with Crippen LogP contribution in [-0.4, -0.2) is 23.7 Å². The summed E-state index contributed by atoms with van der Waals surface area (Å²) in [5.74, 6) is -0.607. The molecule has 0 aliphatic carbocycles. The zero-order valence-corrected chi connectivity index (χ0v) is 14.9. The molecule has 0 amide bonds. The number of para-hydroxylation sites is 1. The maximum absolute atomic E-state index is 12.4. The number of carboxylic acids is 1. The normalized spacial score (nSPS) is 10.5. The van der Waals surface area contributed by atoms with Crippen molar-refractivity contribution in [2.75, 3.05) is 6.61 Å². The van der Waals surface area contributed by atoms with Gasteiger partial charge in [-0.1, -0.05) is 26.0 Å². The number of carbonyl (C=O) groups is 2. The first-order valence-corrected chi connectivity index (χ1v) is 8.14. The molecular weight excluding hydrogens is 376 g/mol. The van der Waals surface area contributed by atoms with E-state index in [-0.39, 0.29) is 11.3 Å². The van der Waals surface area contributed by atoms with E-state index in [4.69, 9.17) is 14.6 Å². The zero-order chi connectivity index (χ0) is 17.7. The fourth-order valence-corrected chi connectivity index (χ4v) is 2.35. The standard InChI is InChI=1S/C18H17BrO5/c1-11(2)10-23-15-6-4-3-5-13(15)18(22)24-16-8-7-12(17(20)21)9-14(16)19/h3-9,11H,10H2,1-2H3,(H,20,21). The van der Waals surface area contributed by atoms with Gasteiger partial charge in [-0.05, 0) is 52.2 Å². The first-order chi connectivity index (χ1) is 11.4. The molecule has 24 heavy (non-hydrogen) atoms. The van der Waals surface area contributed by atoms with Crippen LogP contribution in [0.5, 0.6) is 11.5 Å². The lowest BCUT2D eigenvalue weighted by Crippen LogP contribution is -2.13. The quantitative estimate of drug-likeness (QED) is 0.582. The predicted molar refractivity (Wildman–Crippen MR) is 92.8 cm³/mol. The minimum atomic E-state index is -1.05. The lowest BCUT2D eigenvalue weighted by Gasteiger charge is -2.13. The smallest absolute Gasteiger partial charge is 0.347 e. The van der Waals surface area contributed by atoms with Gasteiger partial charge >= 0.3 is 11.9 Å². The molecule has 0 unspecified atom stereocenters. The van der Waals surface area contributed by atoms with Crippen LogP contribution in [0, 0.1) is 5.92 Å². The van der Waals surface area contributed by atoms with Gasteiger partial charge in [0.05, 0.1) is 16.6 Å². The van der Waals surface area contributed by atoms with Crippen LogP contribution < -0.4 is 9.47 Å². The van der Waals surface area contributed by atoms with Gasteiger partial charge in [-0.2, -0.15) is 0 Å². The van der Waals surface area contributed by atoms with Crippen molar-refractivity contribution in [3.05, 3.63) is 58.1 Å². The molecule has 0 aliphatic heterocycles. The number of carboxylic acid groups (broad SMARTS) is 1. The number of benzene rings is 2. The molecular formula is C18H17BrO5. The number of aromatic carboxylic acids is 1. The molecule has 2 rings (SSSR count). The minimum absolute atomic E-state index is 0.0994. The van der Waals surface area contributed by atoms with E-state index in [0.29, 0.717) is 28.3 Å². The van der Waals surface area contributed by atoms with E-state index in [2.05, 4.69) is 15.9 Å². The van der Waals surface area contributed by atoms with Crippen LogP contribution in [0.4, 0.5) is 0 Å². The Hall–Kier alpha value is -2.34. The van der Waals surface area contributed by atoms with Gasteiger partial charge in [-0.3, -0.25) is 0 Å². The van der Waals surface area contributed by atoms with E-state index < -0.39 is 11.9 Å². The summed E-state index contributed by atoms with van der Waals surface area (Å²) in [6, 6.07) is 11.0. The lowest BCUT2D eigenvalue weighted by molar-refractivity contribution is 0.0696. The molecule has 0 spiro atoms. The Morgan fingerprint density at radius 1 is 1.12 bits per heavy atom. The minimum Gasteiger partial charge on any atom is -0.492 e. The molecule has 2 aromatic rings. The summed E-state index contributed by atoms with van der Waals surface area (Å²) in [5, 5.41) is 8.96. The number of halogens is 1. The molecule has 6 heteroatoms. The number of rotatable bonds is 6. The highest BCUT2D eigenvalue weighted by Gasteiger charge is 2.17. The average molecular weight is 393 g/mol. The predicted octanol–water partition coefficient (Wildman–Crippen LogP) is 4.40. The maximum Gasteiger partial charge on any atom is 0.347 e. The average Bonchev–Trinajstić information content (AvgIpc) is 2.54. The summed E-state index contributed by atoms with van der Waals surface area (Å²) in [5.41, 5.74) is 0.412. The SMILES string of the molecule is CC(C)COc1ccccc1C(=O)Oc1ccc(C(=O)O)cc1Br. The van der Waals surface area contributed by atoms with Crippen molar-refractivity contribution in [2.24, 2.45) is 5.92 Å². The first kappa shape index (κ1) is 18.0. The monoisotopic (exact) mass is 392 g/mol. The Labute approximate surface area is 148 Å². The van der Waals surface area contributed by atoms with Crippen LogP contribution in [0.25, 0.3) is 0 Å². The second-order valence-electron chi connectivity index (χ2n) is 5.54. The van der Waals surface area contributed by atoms with Gasteiger partial charge in [0, 0.05) is 0 Å². The molecule has 126 valence electrons. The van der Waals surface area contributed by atoms with E-state index in [1.54, 1.807) is 24.3 Å². The van der Waals surface area contributed by atoms with Crippen LogP contribution in [0.3, 0.4) is 0 Å². The van der Waals surface area contributed by atoms with Crippen LogP contribution in [0.1, 0.15) is 34.6 Å². The molecule has 0 saturated carbocycles. The van der Waals surface area contributed by atoms with Gasteiger partial charge in [0.25, 0.3) is 0 Å². The van der Waals surface area contributed by atoms with Crippen molar-refractivity contribution in [1.82, 2.24) is 0 Å². The Kier molecular flexibility index (Phi) is 5.98. The third-order valence-corrected chi connectivity index (χ3v) is 3.68. The van der Waals surface area contributed by atoms with Gasteiger partial charge in [0.2, 0.25) is 0 Å². The van der Waals surface area contributed by atoms with E-state index in [0.717, 1.165) is 0 Å². The molecule has 0 radical (unpaired) electrons. The Morgan fingerprint density at radius 2 is 1.83 bits per heavy atom. The fourth-order valence-electron chi connectivity index (χ4n) is 1.89. The van der Waals surface area contributed by atoms with Crippen LogP contribution in [-0.2, 0) is 0 Å². The Morgan fingerprint density at radius 3 is 2.46 bits per heavy atom. The van der Waals surface area contributed by atoms with Crippen molar-refractivity contribution >= 4 is 27.9 Å². The van der Waals surface area contributed by atoms with Gasteiger partial charge in [-0.15, -0.1) is 0 Å². The van der Waals surface area contributed by atoms with Gasteiger partial charge in [0.15, 0.2) is 0 Å². The maximum atomic E-state index is 12.4. The van der Waals surface area contributed by atoms with E-state index in [1.165, 1.54) is 18.2 Å². The molecule has 2 aromatic carbocycles. The van der Waals surface area contributed by atoms with Gasteiger partial charge < -0.3 is 14.6 Å². The number of hydrogen-bond acceptors (Lipinski definition) is 4. The van der Waals surface area contributed by atoms with Crippen molar-refractivity contribution in [2.45, 2.75) is 13.8 Å². The third kappa shape index (κ3) is 4.58. The van der Waals surface area contributed by atoms with Crippen molar-refractivity contribution in [1.29, 1.82) is 0 Å². The molecule has 0 atom stereocenters. The highest BCUT2D eigenvalue weighted by Crippen LogP contribution is 2.28. The Balaban J connectivity index is 2.20. The summed E-state index contributed by atoms with van der Waals surface area (Å²) in [7, 11) is 0. The van der Waals surface area contributed by atoms with E-state index in [1.807, 2.05) is 13.8 Å². The highest BCUT2D eigenvalue weighted by molar-refractivity contribution is 9.10. The number of carbonyl (C=O) groups excluding carboxylic acids is 1. The molecule has 5 nitrogen and oxygen atoms in total. The first-order valence-electron chi connectivity index (χ1n) is 7.35. The molecule has 1 N–H and O–H groups in total. The van der Waals surface area contributed by atoms with E-state index in [9.17, 15) is 9.59 Å². The fraction of sp³-hybridized carbons (Fsp3) is 0.222. The van der Waals surface area contributed by atoms with Crippen molar-refractivity contribution in [3.8, 4) is 11.5 Å². The summed E-state index contributed by atoms with van der Waals surface area (Å²) >= 11 is 3.21.